The van der Waals surface area contributed by atoms with Gasteiger partial charge in [0.05, 0.1) is 7.11 Å². The predicted octanol–water partition coefficient (Wildman–Crippen LogP) is 3.65. The Kier molecular flexibility index (Phi) is 12.8. The Balaban J connectivity index is 3.15. The van der Waals surface area contributed by atoms with E-state index in [0.717, 1.165) is 31.2 Å². The summed E-state index contributed by atoms with van der Waals surface area (Å²) in [6, 6.07) is 6.32. The average Bonchev–Trinajstić information content (AvgIpc) is 2.79. The average molecular weight is 492 g/mol. The SMILES string of the molecule is CCCCCCCN(C(=O)CNC(=O)OC(C)(C)C)C(C(=O)NCC(=O)OC)c1ccc(C)cc1. The van der Waals surface area contributed by atoms with Crippen LogP contribution in [0.2, 0.25) is 0 Å². The summed E-state index contributed by atoms with van der Waals surface area (Å²) in [6.45, 7) is 8.93. The normalized spacial score (nSPS) is 11.8. The number of ether oxygens (including phenoxy) is 2. The zero-order valence-electron chi connectivity index (χ0n) is 21.9. The van der Waals surface area contributed by atoms with E-state index in [2.05, 4.69) is 22.3 Å². The number of carbonyl (C=O) groups is 4. The minimum Gasteiger partial charge on any atom is -0.468 e. The molecule has 9 heteroatoms. The number of rotatable bonds is 13. The number of amides is 3. The van der Waals surface area contributed by atoms with Crippen LogP contribution < -0.4 is 10.6 Å². The quantitative estimate of drug-likeness (QED) is 0.322. The summed E-state index contributed by atoms with van der Waals surface area (Å²) < 4.78 is 9.85. The summed E-state index contributed by atoms with van der Waals surface area (Å²) in [5, 5.41) is 5.05. The Morgan fingerprint density at radius 2 is 1.57 bits per heavy atom. The van der Waals surface area contributed by atoms with Crippen LogP contribution in [-0.2, 0) is 23.9 Å². The van der Waals surface area contributed by atoms with Gasteiger partial charge in [0.25, 0.3) is 0 Å². The van der Waals surface area contributed by atoms with Gasteiger partial charge < -0.3 is 25.0 Å². The maximum atomic E-state index is 13.3. The summed E-state index contributed by atoms with van der Waals surface area (Å²) >= 11 is 0. The summed E-state index contributed by atoms with van der Waals surface area (Å²) in [7, 11) is 1.24. The lowest BCUT2D eigenvalue weighted by Crippen LogP contribution is -2.48. The fraction of sp³-hybridized carbons (Fsp3) is 0.615. The maximum absolute atomic E-state index is 13.3. The van der Waals surface area contributed by atoms with Gasteiger partial charge in [0.15, 0.2) is 0 Å². The number of nitrogens with zero attached hydrogens (tertiary/aromatic N) is 1. The van der Waals surface area contributed by atoms with Crippen molar-refractivity contribution in [3.8, 4) is 0 Å². The predicted molar refractivity (Wildman–Crippen MR) is 134 cm³/mol. The van der Waals surface area contributed by atoms with Crippen LogP contribution in [0.1, 0.15) is 77.0 Å². The van der Waals surface area contributed by atoms with E-state index in [0.29, 0.717) is 18.5 Å². The van der Waals surface area contributed by atoms with E-state index < -0.39 is 35.5 Å². The first-order valence-corrected chi connectivity index (χ1v) is 12.2. The van der Waals surface area contributed by atoms with Gasteiger partial charge in [-0.2, -0.15) is 0 Å². The van der Waals surface area contributed by atoms with E-state index >= 15 is 0 Å². The summed E-state index contributed by atoms with van der Waals surface area (Å²) in [5.41, 5.74) is 0.910. The molecule has 1 aromatic carbocycles. The third-order valence-electron chi connectivity index (χ3n) is 5.19. The highest BCUT2D eigenvalue weighted by atomic mass is 16.6. The van der Waals surface area contributed by atoms with Gasteiger partial charge >= 0.3 is 12.1 Å². The number of nitrogens with one attached hydrogen (secondary N) is 2. The van der Waals surface area contributed by atoms with E-state index in [9.17, 15) is 19.2 Å². The van der Waals surface area contributed by atoms with Crippen LogP contribution in [0, 0.1) is 6.92 Å². The Hall–Kier alpha value is -3.10. The third kappa shape index (κ3) is 11.7. The summed E-state index contributed by atoms with van der Waals surface area (Å²) in [5.74, 6) is -1.52. The van der Waals surface area contributed by atoms with Crippen molar-refractivity contribution in [2.24, 2.45) is 0 Å². The van der Waals surface area contributed by atoms with Crippen molar-refractivity contribution in [1.29, 1.82) is 0 Å². The van der Waals surface area contributed by atoms with Crippen molar-refractivity contribution in [1.82, 2.24) is 15.5 Å². The highest BCUT2D eigenvalue weighted by molar-refractivity contribution is 5.91. The van der Waals surface area contributed by atoms with Crippen molar-refractivity contribution in [3.05, 3.63) is 35.4 Å². The molecule has 0 aliphatic heterocycles. The molecular formula is C26H41N3O6. The van der Waals surface area contributed by atoms with Crippen molar-refractivity contribution < 1.29 is 28.7 Å². The fourth-order valence-corrected chi connectivity index (χ4v) is 3.40. The van der Waals surface area contributed by atoms with Crippen molar-refractivity contribution >= 4 is 23.9 Å². The number of carbonyl (C=O) groups excluding carboxylic acids is 4. The van der Waals surface area contributed by atoms with Gasteiger partial charge in [-0.3, -0.25) is 14.4 Å². The van der Waals surface area contributed by atoms with Gasteiger partial charge in [-0.25, -0.2) is 4.79 Å². The molecule has 0 heterocycles. The highest BCUT2D eigenvalue weighted by Gasteiger charge is 2.31. The van der Waals surface area contributed by atoms with Crippen LogP contribution in [0.25, 0.3) is 0 Å². The lowest BCUT2D eigenvalue weighted by Gasteiger charge is -2.32. The largest absolute Gasteiger partial charge is 0.468 e. The zero-order valence-corrected chi connectivity index (χ0v) is 21.9. The first-order chi connectivity index (χ1) is 16.5. The molecule has 2 N–H and O–H groups in total. The van der Waals surface area contributed by atoms with E-state index in [1.165, 1.54) is 12.0 Å². The second-order valence-electron chi connectivity index (χ2n) is 9.46. The molecule has 0 bridgehead atoms. The van der Waals surface area contributed by atoms with E-state index in [1.807, 2.05) is 19.1 Å². The van der Waals surface area contributed by atoms with Gasteiger partial charge in [-0.1, -0.05) is 62.4 Å². The third-order valence-corrected chi connectivity index (χ3v) is 5.19. The van der Waals surface area contributed by atoms with Crippen LogP contribution >= 0.6 is 0 Å². The molecule has 0 radical (unpaired) electrons. The van der Waals surface area contributed by atoms with Gasteiger partial charge in [0.2, 0.25) is 11.8 Å². The van der Waals surface area contributed by atoms with E-state index in [4.69, 9.17) is 4.74 Å². The molecule has 1 atom stereocenters. The summed E-state index contributed by atoms with van der Waals surface area (Å²) in [4.78, 5) is 51.7. The molecule has 9 nitrogen and oxygen atoms in total. The molecule has 0 saturated heterocycles. The van der Waals surface area contributed by atoms with Crippen LogP contribution in [0.4, 0.5) is 4.79 Å². The number of hydrogen-bond acceptors (Lipinski definition) is 6. The standard InChI is InChI=1S/C26H41N3O6/c1-7-8-9-10-11-16-29(21(30)17-28-25(33)35-26(3,4)5)23(20-14-12-19(2)13-15-20)24(32)27-18-22(31)34-6/h12-15,23H,7-11,16-18H2,1-6H3,(H,27,32)(H,28,33). The van der Waals surface area contributed by atoms with Gasteiger partial charge in [-0.15, -0.1) is 0 Å². The molecule has 0 aliphatic rings. The number of hydrogen-bond donors (Lipinski definition) is 2. The second-order valence-corrected chi connectivity index (χ2v) is 9.46. The molecule has 0 aromatic heterocycles. The Bertz CT molecular complexity index is 832. The molecule has 3 amide bonds. The van der Waals surface area contributed by atoms with E-state index in [1.54, 1.807) is 32.9 Å². The Morgan fingerprint density at radius 1 is 0.943 bits per heavy atom. The number of aryl methyl sites for hydroxylation is 1. The van der Waals surface area contributed by atoms with Gasteiger partial charge in [-0.05, 0) is 39.7 Å². The molecule has 0 saturated carbocycles. The molecule has 1 rings (SSSR count). The Morgan fingerprint density at radius 3 is 2.14 bits per heavy atom. The molecule has 35 heavy (non-hydrogen) atoms. The molecule has 0 fully saturated rings. The van der Waals surface area contributed by atoms with Gasteiger partial charge in [0, 0.05) is 6.54 Å². The number of alkyl carbamates (subject to hydrolysis) is 1. The molecule has 0 aliphatic carbocycles. The lowest BCUT2D eigenvalue weighted by molar-refractivity contribution is -0.143. The molecule has 196 valence electrons. The van der Waals surface area contributed by atoms with Crippen molar-refractivity contribution in [2.75, 3.05) is 26.7 Å². The second kappa shape index (κ2) is 15.0. The van der Waals surface area contributed by atoms with E-state index in [-0.39, 0.29) is 13.1 Å². The molecular weight excluding hydrogens is 450 g/mol. The number of benzene rings is 1. The van der Waals surface area contributed by atoms with Crippen molar-refractivity contribution in [2.45, 2.75) is 78.4 Å². The Labute approximate surface area is 208 Å². The van der Waals surface area contributed by atoms with Crippen LogP contribution in [0.15, 0.2) is 24.3 Å². The van der Waals surface area contributed by atoms with Crippen LogP contribution in [0.3, 0.4) is 0 Å². The van der Waals surface area contributed by atoms with Gasteiger partial charge in [0.1, 0.15) is 24.7 Å². The minimum absolute atomic E-state index is 0.313. The molecule has 0 spiro atoms. The topological polar surface area (TPSA) is 114 Å². The molecule has 1 aromatic rings. The van der Waals surface area contributed by atoms with Crippen molar-refractivity contribution in [3.63, 3.8) is 0 Å². The number of unbranched alkanes of at least 4 members (excludes halogenated alkanes) is 4. The monoisotopic (exact) mass is 491 g/mol. The molecule has 1 unspecified atom stereocenters. The first-order valence-electron chi connectivity index (χ1n) is 12.2. The summed E-state index contributed by atoms with van der Waals surface area (Å²) in [6.07, 6.45) is 4.10. The lowest BCUT2D eigenvalue weighted by atomic mass is 10.0. The first kappa shape index (κ1) is 29.9. The van der Waals surface area contributed by atoms with Crippen LogP contribution in [-0.4, -0.2) is 61.1 Å². The zero-order chi connectivity index (χ0) is 26.4. The number of esters is 1. The fourth-order valence-electron chi connectivity index (χ4n) is 3.40. The highest BCUT2D eigenvalue weighted by Crippen LogP contribution is 2.23. The number of methoxy groups -OCH3 is 1. The smallest absolute Gasteiger partial charge is 0.408 e. The minimum atomic E-state index is -0.973. The van der Waals surface area contributed by atoms with Crippen LogP contribution in [0.5, 0.6) is 0 Å². The maximum Gasteiger partial charge on any atom is 0.408 e.